The Balaban J connectivity index is 2.41. The number of guanidine groups is 1. The summed E-state index contributed by atoms with van der Waals surface area (Å²) in [7, 11) is -3.76. The molecular weight excluding hydrogens is 308 g/mol. The first kappa shape index (κ1) is 15.7. The van der Waals surface area contributed by atoms with Crippen LogP contribution in [0.3, 0.4) is 0 Å². The third-order valence-corrected chi connectivity index (χ3v) is 3.81. The van der Waals surface area contributed by atoms with Gasteiger partial charge in [0.15, 0.2) is 5.96 Å². The van der Waals surface area contributed by atoms with E-state index in [1.165, 1.54) is 35.1 Å². The maximum Gasteiger partial charge on any atom is 0.283 e. The topological polar surface area (TPSA) is 159 Å². The third-order valence-electron chi connectivity index (χ3n) is 2.88. The molecule has 0 aliphatic carbocycles. The van der Waals surface area contributed by atoms with Crippen molar-refractivity contribution in [2.24, 2.45) is 21.6 Å². The Bertz CT molecular complexity index is 847. The van der Waals surface area contributed by atoms with Gasteiger partial charge in [-0.2, -0.15) is 10.1 Å². The van der Waals surface area contributed by atoms with Gasteiger partial charge in [-0.1, -0.05) is 0 Å². The van der Waals surface area contributed by atoms with Gasteiger partial charge in [0.05, 0.1) is 28.0 Å². The van der Waals surface area contributed by atoms with E-state index < -0.39 is 15.9 Å². The quantitative estimate of drug-likeness (QED) is 0.497. The normalized spacial score (nSPS) is 11.2. The van der Waals surface area contributed by atoms with Crippen LogP contribution in [0.1, 0.15) is 16.1 Å². The minimum absolute atomic E-state index is 0.0159. The molecule has 10 heteroatoms. The van der Waals surface area contributed by atoms with E-state index in [4.69, 9.17) is 16.6 Å². The van der Waals surface area contributed by atoms with E-state index in [1.54, 1.807) is 6.92 Å². The summed E-state index contributed by atoms with van der Waals surface area (Å²) in [4.78, 5) is 15.2. The number of carbonyl (C=O) groups excluding carboxylic acids is 1. The minimum atomic E-state index is -3.76. The van der Waals surface area contributed by atoms with E-state index in [2.05, 4.69) is 10.1 Å². The van der Waals surface area contributed by atoms with Crippen molar-refractivity contribution in [2.75, 3.05) is 0 Å². The Hall–Kier alpha value is -2.72. The van der Waals surface area contributed by atoms with Gasteiger partial charge in [0.1, 0.15) is 0 Å². The molecule has 1 aromatic heterocycles. The second-order valence-electron chi connectivity index (χ2n) is 4.44. The van der Waals surface area contributed by atoms with Gasteiger partial charge in [-0.15, -0.1) is 0 Å². The average Bonchev–Trinajstić information content (AvgIpc) is 2.79. The molecule has 0 spiro atoms. The summed E-state index contributed by atoms with van der Waals surface area (Å²) in [5, 5.41) is 9.10. The van der Waals surface area contributed by atoms with Crippen molar-refractivity contribution in [3.05, 3.63) is 41.7 Å². The van der Waals surface area contributed by atoms with Crippen molar-refractivity contribution in [1.29, 1.82) is 0 Å². The van der Waals surface area contributed by atoms with Crippen molar-refractivity contribution in [3.8, 4) is 5.69 Å². The second kappa shape index (κ2) is 5.58. The molecule has 1 aromatic carbocycles. The fourth-order valence-electron chi connectivity index (χ4n) is 1.83. The lowest BCUT2D eigenvalue weighted by Gasteiger charge is -2.05. The van der Waals surface area contributed by atoms with Gasteiger partial charge in [-0.25, -0.2) is 18.2 Å². The molecule has 0 fully saturated rings. The number of hydrogen-bond donors (Lipinski definition) is 3. The molecule has 6 N–H and O–H groups in total. The van der Waals surface area contributed by atoms with Crippen molar-refractivity contribution in [1.82, 2.24) is 9.78 Å². The molecule has 0 saturated carbocycles. The molecule has 9 nitrogen and oxygen atoms in total. The highest BCUT2D eigenvalue weighted by atomic mass is 32.2. The third kappa shape index (κ3) is 3.13. The minimum Gasteiger partial charge on any atom is -0.370 e. The fourth-order valence-corrected chi connectivity index (χ4v) is 2.35. The molecule has 2 aromatic rings. The van der Waals surface area contributed by atoms with Crippen LogP contribution in [0, 0.1) is 6.92 Å². The number of aromatic nitrogens is 2. The first-order chi connectivity index (χ1) is 10.2. The van der Waals surface area contributed by atoms with Gasteiger partial charge < -0.3 is 11.5 Å². The maximum atomic E-state index is 11.8. The number of hydrogen-bond acceptors (Lipinski definition) is 4. The predicted octanol–water partition coefficient (Wildman–Crippen LogP) is -0.758. The van der Waals surface area contributed by atoms with E-state index >= 15 is 0 Å². The molecule has 0 aliphatic rings. The molecule has 0 unspecified atom stereocenters. The lowest BCUT2D eigenvalue weighted by molar-refractivity contribution is 0.100. The van der Waals surface area contributed by atoms with E-state index in [1.807, 2.05) is 0 Å². The molecule has 0 radical (unpaired) electrons. The number of nitrogens with zero attached hydrogens (tertiary/aromatic N) is 3. The van der Waals surface area contributed by atoms with Gasteiger partial charge in [0.25, 0.3) is 5.91 Å². The number of sulfonamides is 1. The van der Waals surface area contributed by atoms with Crippen LogP contribution in [0.15, 0.2) is 40.4 Å². The number of aliphatic imine (C=N–C) groups is 1. The van der Waals surface area contributed by atoms with Gasteiger partial charge in [0.2, 0.25) is 10.0 Å². The van der Waals surface area contributed by atoms with E-state index in [0.29, 0.717) is 11.4 Å². The summed E-state index contributed by atoms with van der Waals surface area (Å²) in [6, 6.07) is 5.75. The van der Waals surface area contributed by atoms with Crippen LogP contribution >= 0.6 is 0 Å². The van der Waals surface area contributed by atoms with Gasteiger partial charge in [0, 0.05) is 0 Å². The second-order valence-corrected chi connectivity index (χ2v) is 6.00. The van der Waals surface area contributed by atoms with Crippen LogP contribution in [0.2, 0.25) is 0 Å². The van der Waals surface area contributed by atoms with Gasteiger partial charge >= 0.3 is 0 Å². The largest absolute Gasteiger partial charge is 0.370 e. The van der Waals surface area contributed by atoms with E-state index in [0.717, 1.165) is 0 Å². The molecule has 0 bridgehead atoms. The van der Waals surface area contributed by atoms with Crippen molar-refractivity contribution in [2.45, 2.75) is 11.8 Å². The predicted molar refractivity (Wildman–Crippen MR) is 79.8 cm³/mol. The summed E-state index contributed by atoms with van der Waals surface area (Å²) >= 11 is 0. The fraction of sp³-hybridized carbons (Fsp3) is 0.0833. The lowest BCUT2D eigenvalue weighted by atomic mass is 10.2. The SMILES string of the molecule is Cc1c(C(=O)N=C(N)N)cnn1-c1ccc(S(N)(=O)=O)cc1. The van der Waals surface area contributed by atoms with Crippen molar-refractivity contribution < 1.29 is 13.2 Å². The number of carbonyl (C=O) groups is 1. The summed E-state index contributed by atoms with van der Waals surface area (Å²) < 4.78 is 23.9. The molecule has 1 amide bonds. The molecule has 22 heavy (non-hydrogen) atoms. The zero-order valence-electron chi connectivity index (χ0n) is 11.6. The van der Waals surface area contributed by atoms with Crippen LogP contribution in [0.4, 0.5) is 0 Å². The number of amides is 1. The zero-order chi connectivity index (χ0) is 16.5. The maximum absolute atomic E-state index is 11.8. The summed E-state index contributed by atoms with van der Waals surface area (Å²) in [6.07, 6.45) is 1.33. The average molecular weight is 322 g/mol. The first-order valence-corrected chi connectivity index (χ1v) is 7.56. The van der Waals surface area contributed by atoms with Crippen LogP contribution in [-0.4, -0.2) is 30.1 Å². The molecule has 0 saturated heterocycles. The Labute approximate surface area is 126 Å². The van der Waals surface area contributed by atoms with E-state index in [-0.39, 0.29) is 16.4 Å². The van der Waals surface area contributed by atoms with Gasteiger partial charge in [-0.3, -0.25) is 4.79 Å². The summed E-state index contributed by atoms with van der Waals surface area (Å²) in [5.41, 5.74) is 11.6. The smallest absolute Gasteiger partial charge is 0.283 e. The molecule has 0 atom stereocenters. The van der Waals surface area contributed by atoms with Crippen LogP contribution in [0.5, 0.6) is 0 Å². The summed E-state index contributed by atoms with van der Waals surface area (Å²) in [6.45, 7) is 1.66. The Morgan fingerprint density at radius 2 is 1.82 bits per heavy atom. The lowest BCUT2D eigenvalue weighted by Crippen LogP contribution is -2.24. The summed E-state index contributed by atoms with van der Waals surface area (Å²) in [5.74, 6) is -0.945. The monoisotopic (exact) mass is 322 g/mol. The Morgan fingerprint density at radius 3 is 2.32 bits per heavy atom. The Kier molecular flexibility index (Phi) is 3.97. The highest BCUT2D eigenvalue weighted by Crippen LogP contribution is 2.17. The Morgan fingerprint density at radius 1 is 1.23 bits per heavy atom. The molecule has 2 rings (SSSR count). The molecule has 116 valence electrons. The number of benzene rings is 1. The molecule has 1 heterocycles. The molecule has 0 aliphatic heterocycles. The number of rotatable bonds is 3. The van der Waals surface area contributed by atoms with Crippen LogP contribution in [0.25, 0.3) is 5.69 Å². The van der Waals surface area contributed by atoms with Crippen molar-refractivity contribution >= 4 is 21.9 Å². The number of nitrogens with two attached hydrogens (primary N) is 3. The van der Waals surface area contributed by atoms with Crippen LogP contribution in [-0.2, 0) is 10.0 Å². The molecular formula is C12H14N6O3S. The highest BCUT2D eigenvalue weighted by molar-refractivity contribution is 7.89. The standard InChI is InChI=1S/C12H14N6O3S/c1-7-10(11(19)17-12(13)14)6-16-18(7)8-2-4-9(5-3-8)22(15,20)21/h2-6H,1H3,(H2,15,20,21)(H4,13,14,17,19). The zero-order valence-corrected chi connectivity index (χ0v) is 12.4. The number of primary sulfonamides is 1. The first-order valence-electron chi connectivity index (χ1n) is 6.02. The highest BCUT2D eigenvalue weighted by Gasteiger charge is 2.15. The van der Waals surface area contributed by atoms with Crippen molar-refractivity contribution in [3.63, 3.8) is 0 Å². The van der Waals surface area contributed by atoms with E-state index in [9.17, 15) is 13.2 Å². The van der Waals surface area contributed by atoms with Gasteiger partial charge in [-0.05, 0) is 31.2 Å². The van der Waals surface area contributed by atoms with Crippen LogP contribution < -0.4 is 16.6 Å².